The van der Waals surface area contributed by atoms with Crippen LogP contribution >= 0.6 is 0 Å². The predicted molar refractivity (Wildman–Crippen MR) is 114 cm³/mol. The van der Waals surface area contributed by atoms with E-state index in [2.05, 4.69) is 6.92 Å². The lowest BCUT2D eigenvalue weighted by molar-refractivity contribution is -0.155. The number of allylic oxidation sites excluding steroid dienone is 2. The maximum absolute atomic E-state index is 13.1. The van der Waals surface area contributed by atoms with Gasteiger partial charge in [-0.05, 0) is 36.5 Å². The summed E-state index contributed by atoms with van der Waals surface area (Å²) in [5.74, 6) is -0.325. The highest BCUT2D eigenvalue weighted by Gasteiger charge is 2.49. The van der Waals surface area contributed by atoms with Gasteiger partial charge in [-0.3, -0.25) is 15.3 Å². The summed E-state index contributed by atoms with van der Waals surface area (Å²) in [5, 5.41) is 0. The Morgan fingerprint density at radius 1 is 1.20 bits per heavy atom. The van der Waals surface area contributed by atoms with Crippen molar-refractivity contribution in [2.45, 2.75) is 65.5 Å². The van der Waals surface area contributed by atoms with Crippen molar-refractivity contribution < 1.29 is 23.8 Å². The number of hydrogen-bond acceptors (Lipinski definition) is 6. The van der Waals surface area contributed by atoms with Crippen molar-refractivity contribution in [2.24, 2.45) is 17.1 Å². The lowest BCUT2D eigenvalue weighted by Gasteiger charge is -2.42. The summed E-state index contributed by atoms with van der Waals surface area (Å²) in [5.41, 5.74) is 7.50. The normalized spacial score (nSPS) is 25.4. The van der Waals surface area contributed by atoms with E-state index in [-0.39, 0.29) is 17.8 Å². The topological polar surface area (TPSA) is 87.9 Å². The van der Waals surface area contributed by atoms with Gasteiger partial charge in [0.15, 0.2) is 12.0 Å². The number of carbonyl (C=O) groups is 2. The quantitative estimate of drug-likeness (QED) is 0.533. The molecule has 0 saturated heterocycles. The smallest absolute Gasteiger partial charge is 0.315 e. The van der Waals surface area contributed by atoms with Gasteiger partial charge in [0.25, 0.3) is 0 Å². The van der Waals surface area contributed by atoms with Gasteiger partial charge >= 0.3 is 5.97 Å². The summed E-state index contributed by atoms with van der Waals surface area (Å²) in [4.78, 5) is 25.9. The fourth-order valence-electron chi connectivity index (χ4n) is 4.33. The molecule has 3 rings (SSSR count). The largest absolute Gasteiger partial charge is 0.494 e. The highest BCUT2D eigenvalue weighted by molar-refractivity contribution is 6.00. The Hall–Kier alpha value is -2.34. The Balaban J connectivity index is 2.00. The monoisotopic (exact) mass is 415 g/mol. The molecule has 2 aliphatic rings. The van der Waals surface area contributed by atoms with Gasteiger partial charge in [-0.2, -0.15) is 0 Å². The van der Waals surface area contributed by atoms with Crippen molar-refractivity contribution in [3.63, 3.8) is 0 Å². The Bertz CT molecular complexity index is 811. The molecule has 164 valence electrons. The van der Waals surface area contributed by atoms with Crippen LogP contribution in [-0.2, 0) is 19.1 Å². The van der Waals surface area contributed by atoms with Crippen molar-refractivity contribution >= 4 is 11.8 Å². The molecule has 3 atom stereocenters. The molecule has 6 heteroatoms. The number of unbranched alkanes of at least 4 members (excludes halogenated alkanes) is 1. The van der Waals surface area contributed by atoms with E-state index in [1.807, 2.05) is 38.1 Å². The lowest BCUT2D eigenvalue weighted by atomic mass is 9.68. The zero-order valence-electron chi connectivity index (χ0n) is 18.4. The van der Waals surface area contributed by atoms with Crippen LogP contribution in [0.15, 0.2) is 35.6 Å². The molecule has 1 aliphatic heterocycles. The van der Waals surface area contributed by atoms with Gasteiger partial charge < -0.3 is 14.2 Å². The number of nitrogens with two attached hydrogens (primary N) is 1. The van der Waals surface area contributed by atoms with E-state index in [1.54, 1.807) is 6.92 Å². The molecule has 1 aliphatic carbocycles. The van der Waals surface area contributed by atoms with Crippen LogP contribution in [0.1, 0.15) is 64.9 Å². The lowest BCUT2D eigenvalue weighted by Crippen LogP contribution is -2.48. The van der Waals surface area contributed by atoms with Crippen molar-refractivity contribution in [1.82, 2.24) is 0 Å². The van der Waals surface area contributed by atoms with Crippen molar-refractivity contribution in [2.75, 3.05) is 13.2 Å². The number of esters is 1. The van der Waals surface area contributed by atoms with E-state index in [0.29, 0.717) is 30.8 Å². The number of rotatable bonds is 7. The molecule has 0 bridgehead atoms. The van der Waals surface area contributed by atoms with Gasteiger partial charge in [0.2, 0.25) is 0 Å². The van der Waals surface area contributed by atoms with Crippen LogP contribution in [0, 0.1) is 11.3 Å². The molecule has 1 aromatic carbocycles. The van der Waals surface area contributed by atoms with Crippen LogP contribution in [-0.4, -0.2) is 31.2 Å². The van der Waals surface area contributed by atoms with Crippen molar-refractivity contribution in [3.05, 3.63) is 41.2 Å². The number of hydrogen-bond donors (Lipinski definition) is 1. The van der Waals surface area contributed by atoms with E-state index in [1.165, 1.54) is 0 Å². The first-order valence-electron chi connectivity index (χ1n) is 10.8. The molecule has 30 heavy (non-hydrogen) atoms. The minimum atomic E-state index is -0.866. The predicted octanol–water partition coefficient (Wildman–Crippen LogP) is 4.09. The third-order valence-corrected chi connectivity index (χ3v) is 5.75. The zero-order valence-corrected chi connectivity index (χ0v) is 18.4. The number of ether oxygens (including phenoxy) is 3. The molecule has 0 unspecified atom stereocenters. The van der Waals surface area contributed by atoms with Crippen LogP contribution in [0.25, 0.3) is 0 Å². The SMILES string of the molecule is CCCCOc1ccc([C@H]2C3=C(CC(C)(C)CC3=O)O[C@H](N)[C@@H]2C(=O)OCC)cc1. The second-order valence-corrected chi connectivity index (χ2v) is 8.89. The minimum Gasteiger partial charge on any atom is -0.494 e. The van der Waals surface area contributed by atoms with Gasteiger partial charge in [0, 0.05) is 24.3 Å². The van der Waals surface area contributed by atoms with Crippen LogP contribution in [0.5, 0.6) is 5.75 Å². The molecule has 2 N–H and O–H groups in total. The van der Waals surface area contributed by atoms with E-state index in [4.69, 9.17) is 19.9 Å². The van der Waals surface area contributed by atoms with Crippen LogP contribution in [0.3, 0.4) is 0 Å². The Morgan fingerprint density at radius 2 is 1.90 bits per heavy atom. The molecular formula is C24H33NO5. The first-order valence-corrected chi connectivity index (χ1v) is 10.8. The molecule has 1 aromatic rings. The van der Waals surface area contributed by atoms with Crippen molar-refractivity contribution in [1.29, 1.82) is 0 Å². The average molecular weight is 416 g/mol. The van der Waals surface area contributed by atoms with Crippen LogP contribution in [0.4, 0.5) is 0 Å². The van der Waals surface area contributed by atoms with Gasteiger partial charge in [-0.15, -0.1) is 0 Å². The van der Waals surface area contributed by atoms with Gasteiger partial charge in [0.05, 0.1) is 13.2 Å². The van der Waals surface area contributed by atoms with E-state index < -0.39 is 24.0 Å². The standard InChI is InChI=1S/C24H33NO5/c1-5-7-12-29-16-10-8-15(9-11-16)19-20-17(26)13-24(3,4)14-18(20)30-22(25)21(19)23(27)28-6-2/h8-11,19,21-22H,5-7,12-14,25H2,1-4H3/t19-,21+,22-/m0/s1. The summed E-state index contributed by atoms with van der Waals surface area (Å²) < 4.78 is 17.0. The molecule has 0 aromatic heterocycles. The fourth-order valence-corrected chi connectivity index (χ4v) is 4.33. The van der Waals surface area contributed by atoms with E-state index in [0.717, 1.165) is 24.2 Å². The van der Waals surface area contributed by atoms with E-state index in [9.17, 15) is 9.59 Å². The molecule has 0 amide bonds. The molecule has 0 fully saturated rings. The maximum Gasteiger partial charge on any atom is 0.315 e. The number of Topliss-reactive ketones (excluding diaryl/α,β-unsaturated/α-hetero) is 1. The summed E-state index contributed by atoms with van der Waals surface area (Å²) in [6, 6.07) is 7.58. The number of carbonyl (C=O) groups excluding carboxylic acids is 2. The number of ketones is 1. The fraction of sp³-hybridized carbons (Fsp3) is 0.583. The first kappa shape index (κ1) is 22.3. The third kappa shape index (κ3) is 4.69. The summed E-state index contributed by atoms with van der Waals surface area (Å²) in [6.45, 7) is 8.85. The second kappa shape index (κ2) is 9.21. The summed E-state index contributed by atoms with van der Waals surface area (Å²) in [6.07, 6.45) is 2.22. The van der Waals surface area contributed by atoms with Gasteiger partial charge in [0.1, 0.15) is 17.4 Å². The minimum absolute atomic E-state index is 0.00993. The highest BCUT2D eigenvalue weighted by atomic mass is 16.5. The van der Waals surface area contributed by atoms with E-state index >= 15 is 0 Å². The van der Waals surface area contributed by atoms with Crippen molar-refractivity contribution in [3.8, 4) is 5.75 Å². The molecule has 0 spiro atoms. The zero-order chi connectivity index (χ0) is 21.9. The molecular weight excluding hydrogens is 382 g/mol. The first-order chi connectivity index (χ1) is 14.3. The average Bonchev–Trinajstić information content (AvgIpc) is 2.67. The van der Waals surface area contributed by atoms with Gasteiger partial charge in [-0.1, -0.05) is 39.3 Å². The van der Waals surface area contributed by atoms with Crippen LogP contribution in [0.2, 0.25) is 0 Å². The number of benzene rings is 1. The molecule has 0 saturated carbocycles. The Kier molecular flexibility index (Phi) is 6.86. The molecule has 6 nitrogen and oxygen atoms in total. The Labute approximate surface area is 178 Å². The highest BCUT2D eigenvalue weighted by Crippen LogP contribution is 2.49. The Morgan fingerprint density at radius 3 is 2.53 bits per heavy atom. The van der Waals surface area contributed by atoms with Gasteiger partial charge in [-0.25, -0.2) is 0 Å². The second-order valence-electron chi connectivity index (χ2n) is 8.89. The van der Waals surface area contributed by atoms with Crippen LogP contribution < -0.4 is 10.5 Å². The summed E-state index contributed by atoms with van der Waals surface area (Å²) >= 11 is 0. The summed E-state index contributed by atoms with van der Waals surface area (Å²) in [7, 11) is 0. The third-order valence-electron chi connectivity index (χ3n) is 5.75. The molecule has 1 heterocycles. The maximum atomic E-state index is 13.1. The molecule has 0 radical (unpaired) electrons.